The predicted octanol–water partition coefficient (Wildman–Crippen LogP) is -1.41. The molecule has 10 N–H and O–H groups in total. The highest BCUT2D eigenvalue weighted by atomic mass is 16.5. The molecule has 1 saturated heterocycles. The van der Waals surface area contributed by atoms with Gasteiger partial charge < -0.3 is 55.8 Å². The Balaban J connectivity index is 2.46. The van der Waals surface area contributed by atoms with Crippen LogP contribution in [0.1, 0.15) is 37.9 Å². The number of ether oxygens (including phenoxy) is 1. The summed E-state index contributed by atoms with van der Waals surface area (Å²) in [6.45, 7) is -0.959. The van der Waals surface area contributed by atoms with Crippen LogP contribution in [0.4, 0.5) is 0 Å². The van der Waals surface area contributed by atoms with Gasteiger partial charge >= 0.3 is 0 Å². The monoisotopic (exact) mass is 468 g/mol. The quantitative estimate of drug-likeness (QED) is 0.179. The van der Waals surface area contributed by atoms with Gasteiger partial charge in [-0.1, -0.05) is 0 Å². The molecule has 2 aromatic rings. The second kappa shape index (κ2) is 8.38. The Morgan fingerprint density at radius 1 is 0.848 bits per heavy atom. The van der Waals surface area contributed by atoms with Gasteiger partial charge in [0, 0.05) is 22.3 Å². The molecule has 1 fully saturated rings. The molecule has 1 heterocycles. The minimum absolute atomic E-state index is 0.00919. The van der Waals surface area contributed by atoms with E-state index < -0.39 is 93.4 Å². The van der Waals surface area contributed by atoms with Crippen molar-refractivity contribution in [3.05, 3.63) is 34.4 Å². The average Bonchev–Trinajstić information content (AvgIpc) is 2.79. The second-order valence-electron chi connectivity index (χ2n) is 7.39. The van der Waals surface area contributed by atoms with Crippen molar-refractivity contribution in [2.75, 3.05) is 6.61 Å². The molecule has 0 spiro atoms. The second-order valence-corrected chi connectivity index (χ2v) is 7.39. The molecule has 0 amide bonds. The zero-order chi connectivity index (χ0) is 24.8. The van der Waals surface area contributed by atoms with Crippen molar-refractivity contribution < 1.29 is 65.4 Å². The molecule has 5 unspecified atom stereocenters. The summed E-state index contributed by atoms with van der Waals surface area (Å²) in [6, 6.07) is 1.28. The summed E-state index contributed by atoms with van der Waals surface area (Å²) in [6.07, 6.45) is -8.30. The van der Waals surface area contributed by atoms with E-state index in [2.05, 4.69) is 0 Å². The highest BCUT2D eigenvalue weighted by Gasteiger charge is 2.59. The summed E-state index contributed by atoms with van der Waals surface area (Å²) >= 11 is 0. The zero-order valence-electron chi connectivity index (χ0n) is 16.5. The van der Waals surface area contributed by atoms with Gasteiger partial charge in [-0.2, -0.15) is 0 Å². The van der Waals surface area contributed by atoms with Crippen LogP contribution in [0.25, 0.3) is 0 Å². The topological polar surface area (TPSA) is 246 Å². The van der Waals surface area contributed by atoms with Crippen LogP contribution in [-0.2, 0) is 10.3 Å². The van der Waals surface area contributed by atoms with Gasteiger partial charge in [0.2, 0.25) is 11.5 Å². The van der Waals surface area contributed by atoms with Gasteiger partial charge in [-0.25, -0.2) is 0 Å². The van der Waals surface area contributed by atoms with Crippen molar-refractivity contribution in [3.8, 4) is 34.5 Å². The summed E-state index contributed by atoms with van der Waals surface area (Å²) in [7, 11) is 0. The van der Waals surface area contributed by atoms with Crippen LogP contribution >= 0.6 is 0 Å². The number of benzene rings is 2. The first-order valence-corrected chi connectivity index (χ1v) is 9.26. The van der Waals surface area contributed by atoms with Gasteiger partial charge in [-0.3, -0.25) is 9.59 Å². The zero-order valence-corrected chi connectivity index (χ0v) is 16.5. The number of aliphatic hydroxyl groups is 4. The molecule has 5 atom stereocenters. The number of rotatable bonds is 5. The van der Waals surface area contributed by atoms with Crippen LogP contribution < -0.4 is 0 Å². The summed E-state index contributed by atoms with van der Waals surface area (Å²) in [5.74, 6) is -6.88. The van der Waals surface area contributed by atoms with Crippen LogP contribution in [0.15, 0.2) is 12.1 Å². The number of hydrogen-bond donors (Lipinski definition) is 10. The van der Waals surface area contributed by atoms with E-state index in [1.807, 2.05) is 0 Å². The van der Waals surface area contributed by atoms with E-state index in [1.165, 1.54) is 0 Å². The van der Waals surface area contributed by atoms with Crippen molar-refractivity contribution in [1.82, 2.24) is 0 Å². The minimum Gasteiger partial charge on any atom is -0.504 e. The molecule has 2 aromatic carbocycles. The van der Waals surface area contributed by atoms with Gasteiger partial charge in [0.15, 0.2) is 41.2 Å². The van der Waals surface area contributed by atoms with Crippen molar-refractivity contribution in [3.63, 3.8) is 0 Å². The normalized spacial score (nSPS) is 27.3. The fourth-order valence-corrected chi connectivity index (χ4v) is 3.93. The average molecular weight is 468 g/mol. The smallest absolute Gasteiger partial charge is 0.200 e. The summed E-state index contributed by atoms with van der Waals surface area (Å²) in [5, 5.41) is 103. The lowest BCUT2D eigenvalue weighted by Crippen LogP contribution is -2.61. The molecule has 3 rings (SSSR count). The molecule has 0 bridgehead atoms. The fraction of sp³-hybridized carbons (Fsp3) is 0.300. The molecular weight excluding hydrogens is 448 g/mol. The van der Waals surface area contributed by atoms with Crippen molar-refractivity contribution in [1.29, 1.82) is 0 Å². The maximum Gasteiger partial charge on any atom is 0.200 e. The highest BCUT2D eigenvalue weighted by Crippen LogP contribution is 2.56. The predicted molar refractivity (Wildman–Crippen MR) is 104 cm³/mol. The van der Waals surface area contributed by atoms with Crippen LogP contribution in [0, 0.1) is 0 Å². The number of phenolic OH excluding ortho intramolecular Hbond substituents is 6. The largest absolute Gasteiger partial charge is 0.504 e. The Kier molecular flexibility index (Phi) is 6.10. The number of carbonyl (C=O) groups excluding carboxylic acids is 2. The van der Waals surface area contributed by atoms with Crippen molar-refractivity contribution >= 4 is 12.6 Å². The SMILES string of the molecule is O=Cc1cc(O)c(O)c(O)c1C1OC(CO)C(O)C(O)C1(O)c1c(C=O)cc(O)c(O)c1O. The van der Waals surface area contributed by atoms with Crippen LogP contribution in [0.2, 0.25) is 0 Å². The third kappa shape index (κ3) is 3.39. The first-order chi connectivity index (χ1) is 15.4. The van der Waals surface area contributed by atoms with E-state index in [-0.39, 0.29) is 12.6 Å². The molecule has 33 heavy (non-hydrogen) atoms. The van der Waals surface area contributed by atoms with E-state index in [0.29, 0.717) is 12.1 Å². The van der Waals surface area contributed by atoms with Gasteiger partial charge in [-0.05, 0) is 12.1 Å². The molecule has 0 saturated carbocycles. The molecule has 0 aromatic heterocycles. The third-order valence-electron chi connectivity index (χ3n) is 5.57. The first-order valence-electron chi connectivity index (χ1n) is 9.26. The van der Waals surface area contributed by atoms with Crippen LogP contribution in [0.5, 0.6) is 34.5 Å². The number of hydrogen-bond acceptors (Lipinski definition) is 13. The molecule has 1 aliphatic rings. The summed E-state index contributed by atoms with van der Waals surface area (Å²) < 4.78 is 5.42. The first kappa shape index (κ1) is 24.0. The van der Waals surface area contributed by atoms with E-state index >= 15 is 0 Å². The molecule has 0 aliphatic carbocycles. The number of aromatic hydroxyl groups is 6. The molecule has 13 nitrogen and oxygen atoms in total. The maximum atomic E-state index is 11.7. The fourth-order valence-electron chi connectivity index (χ4n) is 3.93. The lowest BCUT2D eigenvalue weighted by molar-refractivity contribution is -0.284. The van der Waals surface area contributed by atoms with Gasteiger partial charge in [0.25, 0.3) is 0 Å². The Morgan fingerprint density at radius 2 is 1.36 bits per heavy atom. The third-order valence-corrected chi connectivity index (χ3v) is 5.57. The standard InChI is InChI=1S/C20H20O13/c21-3-6-1-8(24)13(26)16(29)11(6)19-20(32,18(31)15(28)10(5-23)33-19)12-7(4-22)2-9(25)14(27)17(12)30/h1-4,10,15,18-19,23-32H,5H2. The van der Waals surface area contributed by atoms with E-state index in [9.17, 15) is 60.7 Å². The van der Waals surface area contributed by atoms with Crippen molar-refractivity contribution in [2.45, 2.75) is 30.0 Å². The van der Waals surface area contributed by atoms with E-state index in [4.69, 9.17) is 4.74 Å². The number of carbonyl (C=O) groups is 2. The number of phenols is 6. The van der Waals surface area contributed by atoms with Crippen molar-refractivity contribution in [2.24, 2.45) is 0 Å². The lowest BCUT2D eigenvalue weighted by Gasteiger charge is -2.49. The Morgan fingerprint density at radius 3 is 1.88 bits per heavy atom. The van der Waals surface area contributed by atoms with Crippen LogP contribution in [-0.4, -0.2) is 88.6 Å². The number of aldehydes is 2. The Hall–Kier alpha value is -3.62. The minimum atomic E-state index is -3.16. The lowest BCUT2D eigenvalue weighted by atomic mass is 9.72. The summed E-state index contributed by atoms with van der Waals surface area (Å²) in [5.41, 5.74) is -6.21. The maximum absolute atomic E-state index is 11.7. The molecule has 1 aliphatic heterocycles. The van der Waals surface area contributed by atoms with Gasteiger partial charge in [-0.15, -0.1) is 0 Å². The van der Waals surface area contributed by atoms with E-state index in [1.54, 1.807) is 0 Å². The molecule has 0 radical (unpaired) electrons. The number of aliphatic hydroxyl groups excluding tert-OH is 3. The van der Waals surface area contributed by atoms with Crippen LogP contribution in [0.3, 0.4) is 0 Å². The molecule has 178 valence electrons. The molecular formula is C20H20O13. The van der Waals surface area contributed by atoms with Gasteiger partial charge in [0.1, 0.15) is 24.4 Å². The Bertz CT molecular complexity index is 1110. The summed E-state index contributed by atoms with van der Waals surface area (Å²) in [4.78, 5) is 23.3. The highest BCUT2D eigenvalue weighted by molar-refractivity contribution is 5.84. The van der Waals surface area contributed by atoms with Gasteiger partial charge in [0.05, 0.1) is 6.61 Å². The Labute approximate surface area is 184 Å². The molecule has 13 heteroatoms. The van der Waals surface area contributed by atoms with E-state index in [0.717, 1.165) is 0 Å².